The Bertz CT molecular complexity index is 623. The lowest BCUT2D eigenvalue weighted by atomic mass is 10.0. The fourth-order valence-corrected chi connectivity index (χ4v) is 3.80. The summed E-state index contributed by atoms with van der Waals surface area (Å²) >= 11 is 1.61. The quantitative estimate of drug-likeness (QED) is 0.524. The number of hydrogen-bond donors (Lipinski definition) is 0. The lowest BCUT2D eigenvalue weighted by Gasteiger charge is -2.18. The standard InChI is InChI=1S/C20H24O2S/c1-4-22-20(21)19(14-16-10-6-5-7-11-16)23-18-13-9-8-12-17(18)15(2)3/h5-13,15,19H,4,14H2,1-3H3. The summed E-state index contributed by atoms with van der Waals surface area (Å²) in [7, 11) is 0. The molecule has 122 valence electrons. The molecule has 3 heteroatoms. The van der Waals surface area contributed by atoms with Crippen molar-refractivity contribution >= 4 is 17.7 Å². The number of carbonyl (C=O) groups excluding carboxylic acids is 1. The van der Waals surface area contributed by atoms with Gasteiger partial charge in [0.25, 0.3) is 0 Å². The average molecular weight is 328 g/mol. The number of carbonyl (C=O) groups is 1. The minimum absolute atomic E-state index is 0.139. The number of ether oxygens (including phenoxy) is 1. The van der Waals surface area contributed by atoms with Crippen molar-refractivity contribution < 1.29 is 9.53 Å². The maximum Gasteiger partial charge on any atom is 0.319 e. The van der Waals surface area contributed by atoms with E-state index < -0.39 is 0 Å². The van der Waals surface area contributed by atoms with Gasteiger partial charge in [-0.05, 0) is 36.5 Å². The van der Waals surface area contributed by atoms with E-state index in [0.717, 1.165) is 10.5 Å². The van der Waals surface area contributed by atoms with Crippen LogP contribution in [0.1, 0.15) is 37.8 Å². The average Bonchev–Trinajstić information content (AvgIpc) is 2.55. The Hall–Kier alpha value is -1.74. The molecular weight excluding hydrogens is 304 g/mol. The van der Waals surface area contributed by atoms with Crippen LogP contribution in [-0.2, 0) is 16.0 Å². The van der Waals surface area contributed by atoms with E-state index in [2.05, 4.69) is 44.2 Å². The van der Waals surface area contributed by atoms with Crippen LogP contribution in [0.15, 0.2) is 59.5 Å². The van der Waals surface area contributed by atoms with Gasteiger partial charge < -0.3 is 4.74 Å². The summed E-state index contributed by atoms with van der Waals surface area (Å²) in [6, 6.07) is 18.4. The van der Waals surface area contributed by atoms with E-state index >= 15 is 0 Å². The molecule has 0 bridgehead atoms. The van der Waals surface area contributed by atoms with E-state index in [1.54, 1.807) is 11.8 Å². The molecule has 1 atom stereocenters. The number of thioether (sulfide) groups is 1. The zero-order valence-electron chi connectivity index (χ0n) is 14.0. The minimum Gasteiger partial charge on any atom is -0.465 e. The summed E-state index contributed by atoms with van der Waals surface area (Å²) in [6.07, 6.45) is 0.677. The van der Waals surface area contributed by atoms with E-state index in [0.29, 0.717) is 18.9 Å². The number of esters is 1. The van der Waals surface area contributed by atoms with Crippen LogP contribution in [0, 0.1) is 0 Å². The largest absolute Gasteiger partial charge is 0.465 e. The number of rotatable bonds is 7. The number of benzene rings is 2. The summed E-state index contributed by atoms with van der Waals surface area (Å²) in [5, 5.41) is -0.225. The zero-order valence-corrected chi connectivity index (χ0v) is 14.8. The molecule has 2 aromatic carbocycles. The third kappa shape index (κ3) is 5.14. The second-order valence-electron chi connectivity index (χ2n) is 5.74. The lowest BCUT2D eigenvalue weighted by Crippen LogP contribution is -2.23. The second-order valence-corrected chi connectivity index (χ2v) is 6.99. The van der Waals surface area contributed by atoms with Crippen molar-refractivity contribution in [2.45, 2.75) is 43.3 Å². The molecule has 0 radical (unpaired) electrons. The van der Waals surface area contributed by atoms with E-state index in [1.165, 1.54) is 5.56 Å². The Labute approximate surface area is 143 Å². The highest BCUT2D eigenvalue weighted by atomic mass is 32.2. The van der Waals surface area contributed by atoms with Crippen molar-refractivity contribution in [1.29, 1.82) is 0 Å². The Balaban J connectivity index is 2.22. The Morgan fingerprint density at radius 3 is 2.35 bits per heavy atom. The van der Waals surface area contributed by atoms with Gasteiger partial charge in [-0.25, -0.2) is 0 Å². The van der Waals surface area contributed by atoms with Crippen LogP contribution < -0.4 is 0 Å². The maximum atomic E-state index is 12.4. The van der Waals surface area contributed by atoms with Crippen molar-refractivity contribution in [1.82, 2.24) is 0 Å². The van der Waals surface area contributed by atoms with Gasteiger partial charge in [0.1, 0.15) is 5.25 Å². The molecule has 0 heterocycles. The third-order valence-corrected chi connectivity index (χ3v) is 4.89. The van der Waals surface area contributed by atoms with Crippen molar-refractivity contribution in [2.24, 2.45) is 0 Å². The minimum atomic E-state index is -0.225. The van der Waals surface area contributed by atoms with Crippen LogP contribution in [0.25, 0.3) is 0 Å². The summed E-state index contributed by atoms with van der Waals surface area (Å²) in [4.78, 5) is 13.6. The smallest absolute Gasteiger partial charge is 0.319 e. The summed E-state index contributed by atoms with van der Waals surface area (Å²) in [5.41, 5.74) is 2.43. The van der Waals surface area contributed by atoms with Gasteiger partial charge in [0.15, 0.2) is 0 Å². The van der Waals surface area contributed by atoms with E-state index in [1.807, 2.05) is 31.2 Å². The monoisotopic (exact) mass is 328 g/mol. The molecule has 2 nitrogen and oxygen atoms in total. The van der Waals surface area contributed by atoms with E-state index in [9.17, 15) is 4.79 Å². The molecule has 2 rings (SSSR count). The molecule has 23 heavy (non-hydrogen) atoms. The van der Waals surface area contributed by atoms with E-state index in [4.69, 9.17) is 4.74 Å². The lowest BCUT2D eigenvalue weighted by molar-refractivity contribution is -0.142. The van der Waals surface area contributed by atoms with Gasteiger partial charge in [0, 0.05) is 4.90 Å². The van der Waals surface area contributed by atoms with Crippen molar-refractivity contribution in [3.05, 3.63) is 65.7 Å². The molecule has 0 N–H and O–H groups in total. The molecule has 0 aliphatic carbocycles. The molecule has 0 amide bonds. The molecular formula is C20H24O2S. The predicted octanol–water partition coefficient (Wildman–Crippen LogP) is 5.08. The highest BCUT2D eigenvalue weighted by Gasteiger charge is 2.23. The fraction of sp³-hybridized carbons (Fsp3) is 0.350. The summed E-state index contributed by atoms with van der Waals surface area (Å²) in [5.74, 6) is 0.290. The van der Waals surface area contributed by atoms with Crippen LogP contribution in [-0.4, -0.2) is 17.8 Å². The summed E-state index contributed by atoms with van der Waals surface area (Å²) < 4.78 is 5.29. The van der Waals surface area contributed by atoms with Gasteiger partial charge >= 0.3 is 5.97 Å². The highest BCUT2D eigenvalue weighted by molar-refractivity contribution is 8.00. The van der Waals surface area contributed by atoms with Crippen LogP contribution in [0.2, 0.25) is 0 Å². The van der Waals surface area contributed by atoms with Crippen LogP contribution in [0.4, 0.5) is 0 Å². The second kappa shape index (κ2) is 8.78. The topological polar surface area (TPSA) is 26.3 Å². The van der Waals surface area contributed by atoms with Gasteiger partial charge in [-0.15, -0.1) is 11.8 Å². The van der Waals surface area contributed by atoms with Crippen molar-refractivity contribution in [3.63, 3.8) is 0 Å². The van der Waals surface area contributed by atoms with Crippen molar-refractivity contribution in [3.8, 4) is 0 Å². The molecule has 0 saturated carbocycles. The molecule has 0 spiro atoms. The third-order valence-electron chi connectivity index (χ3n) is 3.62. The molecule has 2 aromatic rings. The first-order chi connectivity index (χ1) is 11.1. The van der Waals surface area contributed by atoms with Crippen molar-refractivity contribution in [2.75, 3.05) is 6.61 Å². The number of hydrogen-bond acceptors (Lipinski definition) is 3. The molecule has 0 aliphatic heterocycles. The summed E-state index contributed by atoms with van der Waals surface area (Å²) in [6.45, 7) is 6.62. The highest BCUT2D eigenvalue weighted by Crippen LogP contribution is 2.33. The SMILES string of the molecule is CCOC(=O)C(Cc1ccccc1)Sc1ccccc1C(C)C. The normalized spacial score (nSPS) is 12.2. The van der Waals surface area contributed by atoms with Crippen LogP contribution in [0.5, 0.6) is 0 Å². The Morgan fingerprint density at radius 1 is 1.04 bits per heavy atom. The fourth-order valence-electron chi connectivity index (χ4n) is 2.45. The van der Waals surface area contributed by atoms with E-state index in [-0.39, 0.29) is 11.2 Å². The first kappa shape index (κ1) is 17.6. The van der Waals surface area contributed by atoms with Gasteiger partial charge in [0.2, 0.25) is 0 Å². The van der Waals surface area contributed by atoms with Gasteiger partial charge in [0.05, 0.1) is 6.61 Å². The Kier molecular flexibility index (Phi) is 6.72. The molecule has 1 unspecified atom stereocenters. The van der Waals surface area contributed by atoms with Crippen LogP contribution in [0.3, 0.4) is 0 Å². The maximum absolute atomic E-state index is 12.4. The van der Waals surface area contributed by atoms with Gasteiger partial charge in [-0.3, -0.25) is 4.79 Å². The first-order valence-electron chi connectivity index (χ1n) is 8.08. The zero-order chi connectivity index (χ0) is 16.7. The molecule has 0 aliphatic rings. The first-order valence-corrected chi connectivity index (χ1v) is 8.96. The Morgan fingerprint density at radius 2 is 1.70 bits per heavy atom. The predicted molar refractivity (Wildman–Crippen MR) is 97.0 cm³/mol. The van der Waals surface area contributed by atoms with Gasteiger partial charge in [-0.1, -0.05) is 62.4 Å². The van der Waals surface area contributed by atoms with Crippen LogP contribution >= 0.6 is 11.8 Å². The molecule has 0 fully saturated rings. The molecule has 0 aromatic heterocycles. The molecule has 0 saturated heterocycles. The van der Waals surface area contributed by atoms with Gasteiger partial charge in [-0.2, -0.15) is 0 Å².